The highest BCUT2D eigenvalue weighted by Crippen LogP contribution is 2.36. The highest BCUT2D eigenvalue weighted by molar-refractivity contribution is 5.81. The zero-order chi connectivity index (χ0) is 12.3. The fourth-order valence-corrected chi connectivity index (χ4v) is 3.68. The molecule has 0 saturated carbocycles. The van der Waals surface area contributed by atoms with Gasteiger partial charge in [0.15, 0.2) is 0 Å². The standard InChI is InChI=1S/C14H24NO2.HI/c1-3-14(16)17-11-12-7-6-10-15(2)9-5-4-8-13(12)15;/h3,12-13H,1,4-11H2,2H3;1H/q+1;/p-1/t12-,13+,15?;/m0./s1. The first-order valence-electron chi connectivity index (χ1n) is 6.79. The fraction of sp³-hybridized carbons (Fsp3) is 0.786. The van der Waals surface area contributed by atoms with Crippen LogP contribution in [0.1, 0.15) is 32.1 Å². The number of rotatable bonds is 3. The highest BCUT2D eigenvalue weighted by atomic mass is 127. The number of hydrogen-bond donors (Lipinski definition) is 0. The molecule has 2 fully saturated rings. The summed E-state index contributed by atoms with van der Waals surface area (Å²) in [5.41, 5.74) is 0. The van der Waals surface area contributed by atoms with Gasteiger partial charge in [-0.15, -0.1) is 0 Å². The van der Waals surface area contributed by atoms with Crippen LogP contribution in [0.25, 0.3) is 0 Å². The molecule has 0 spiro atoms. The maximum Gasteiger partial charge on any atom is 0.330 e. The second-order valence-electron chi connectivity index (χ2n) is 5.73. The lowest BCUT2D eigenvalue weighted by atomic mass is 9.82. The number of carbonyl (C=O) groups is 1. The van der Waals surface area contributed by atoms with Crippen LogP contribution in [0.5, 0.6) is 0 Å². The minimum atomic E-state index is -0.277. The lowest BCUT2D eigenvalue weighted by molar-refractivity contribution is -0.947. The second-order valence-corrected chi connectivity index (χ2v) is 5.73. The molecule has 2 rings (SSSR count). The Morgan fingerprint density at radius 3 is 2.78 bits per heavy atom. The van der Waals surface area contributed by atoms with E-state index < -0.39 is 0 Å². The van der Waals surface area contributed by atoms with Crippen molar-refractivity contribution in [2.45, 2.75) is 38.1 Å². The van der Waals surface area contributed by atoms with Crippen molar-refractivity contribution < 1.29 is 38.0 Å². The van der Waals surface area contributed by atoms with Gasteiger partial charge in [-0.25, -0.2) is 4.79 Å². The Hall–Kier alpha value is -0.100. The van der Waals surface area contributed by atoms with Crippen LogP contribution in [0.2, 0.25) is 0 Å². The molecule has 1 unspecified atom stereocenters. The third kappa shape index (κ3) is 3.47. The Balaban J connectivity index is 0.00000162. The van der Waals surface area contributed by atoms with Crippen molar-refractivity contribution in [2.24, 2.45) is 5.92 Å². The monoisotopic (exact) mass is 365 g/mol. The average molecular weight is 365 g/mol. The molecule has 2 aliphatic rings. The van der Waals surface area contributed by atoms with Gasteiger partial charge in [-0.2, -0.15) is 0 Å². The molecule has 0 aromatic carbocycles. The quantitative estimate of drug-likeness (QED) is 0.281. The molecule has 18 heavy (non-hydrogen) atoms. The number of quaternary nitrogens is 1. The first kappa shape index (κ1) is 16.0. The Morgan fingerprint density at radius 1 is 1.33 bits per heavy atom. The van der Waals surface area contributed by atoms with E-state index in [2.05, 4.69) is 13.6 Å². The summed E-state index contributed by atoms with van der Waals surface area (Å²) in [4.78, 5) is 11.1. The molecule has 0 N–H and O–H groups in total. The summed E-state index contributed by atoms with van der Waals surface area (Å²) in [6.07, 6.45) is 7.73. The van der Waals surface area contributed by atoms with E-state index >= 15 is 0 Å². The molecule has 0 bridgehead atoms. The van der Waals surface area contributed by atoms with Crippen molar-refractivity contribution in [3.8, 4) is 0 Å². The Labute approximate surface area is 127 Å². The number of piperidine rings is 2. The van der Waals surface area contributed by atoms with Crippen molar-refractivity contribution >= 4 is 5.97 Å². The average Bonchev–Trinajstić information content (AvgIpc) is 2.34. The van der Waals surface area contributed by atoms with Crippen LogP contribution in [0.3, 0.4) is 0 Å². The molecule has 0 radical (unpaired) electrons. The predicted molar refractivity (Wildman–Crippen MR) is 67.4 cm³/mol. The summed E-state index contributed by atoms with van der Waals surface area (Å²) >= 11 is 0. The van der Waals surface area contributed by atoms with Gasteiger partial charge in [0.1, 0.15) is 6.61 Å². The normalized spacial score (nSPS) is 34.9. The number of esters is 1. The molecule has 0 aliphatic carbocycles. The maximum atomic E-state index is 11.1. The van der Waals surface area contributed by atoms with E-state index in [1.807, 2.05) is 0 Å². The van der Waals surface area contributed by atoms with Gasteiger partial charge in [0.2, 0.25) is 0 Å². The molecule has 2 saturated heterocycles. The Bertz CT molecular complexity index is 304. The number of halogens is 1. The van der Waals surface area contributed by atoms with Gasteiger partial charge < -0.3 is 33.2 Å². The van der Waals surface area contributed by atoms with E-state index in [0.29, 0.717) is 18.6 Å². The molecule has 2 aliphatic heterocycles. The number of fused-ring (bicyclic) bond motifs is 1. The first-order chi connectivity index (χ1) is 8.15. The van der Waals surface area contributed by atoms with Crippen molar-refractivity contribution in [2.75, 3.05) is 26.7 Å². The van der Waals surface area contributed by atoms with E-state index in [4.69, 9.17) is 4.74 Å². The van der Waals surface area contributed by atoms with E-state index in [9.17, 15) is 4.79 Å². The van der Waals surface area contributed by atoms with Gasteiger partial charge in [0.05, 0.1) is 26.2 Å². The molecule has 4 heteroatoms. The molecule has 104 valence electrons. The van der Waals surface area contributed by atoms with Gasteiger partial charge in [-0.05, 0) is 25.7 Å². The van der Waals surface area contributed by atoms with Gasteiger partial charge in [-0.3, -0.25) is 0 Å². The molecule has 0 amide bonds. The van der Waals surface area contributed by atoms with E-state index in [0.717, 1.165) is 0 Å². The van der Waals surface area contributed by atoms with Gasteiger partial charge in [-0.1, -0.05) is 6.58 Å². The summed E-state index contributed by atoms with van der Waals surface area (Å²) in [6, 6.07) is 0.704. The SMILES string of the molecule is C=CC(=O)OC[C@@H]1CCC[N+]2(C)CCCC[C@H]12.[I-]. The van der Waals surface area contributed by atoms with Gasteiger partial charge in [0.25, 0.3) is 0 Å². The topological polar surface area (TPSA) is 26.3 Å². The van der Waals surface area contributed by atoms with Crippen LogP contribution < -0.4 is 24.0 Å². The van der Waals surface area contributed by atoms with Crippen LogP contribution in [0.15, 0.2) is 12.7 Å². The maximum absolute atomic E-state index is 11.1. The zero-order valence-electron chi connectivity index (χ0n) is 11.2. The summed E-state index contributed by atoms with van der Waals surface area (Å²) in [5, 5.41) is 0. The first-order valence-corrected chi connectivity index (χ1v) is 6.79. The minimum absolute atomic E-state index is 0. The van der Waals surface area contributed by atoms with Crippen molar-refractivity contribution in [3.63, 3.8) is 0 Å². The van der Waals surface area contributed by atoms with Crippen molar-refractivity contribution in [1.82, 2.24) is 0 Å². The Kier molecular flexibility index (Phi) is 6.11. The molecule has 0 aromatic rings. The van der Waals surface area contributed by atoms with Crippen LogP contribution in [-0.4, -0.2) is 43.2 Å². The van der Waals surface area contributed by atoms with Gasteiger partial charge >= 0.3 is 5.97 Å². The largest absolute Gasteiger partial charge is 1.00 e. The fourth-order valence-electron chi connectivity index (χ4n) is 3.68. The lowest BCUT2D eigenvalue weighted by Crippen LogP contribution is -3.00. The third-order valence-electron chi connectivity index (χ3n) is 4.61. The Morgan fingerprint density at radius 2 is 2.06 bits per heavy atom. The summed E-state index contributed by atoms with van der Waals surface area (Å²) < 4.78 is 6.46. The zero-order valence-corrected chi connectivity index (χ0v) is 13.4. The summed E-state index contributed by atoms with van der Waals surface area (Å²) in [5.74, 6) is 0.276. The van der Waals surface area contributed by atoms with Crippen molar-refractivity contribution in [3.05, 3.63) is 12.7 Å². The molecular weight excluding hydrogens is 341 g/mol. The summed E-state index contributed by atoms with van der Waals surface area (Å²) in [7, 11) is 2.38. The third-order valence-corrected chi connectivity index (χ3v) is 4.61. The smallest absolute Gasteiger partial charge is 0.330 e. The molecular formula is C14H24INO2. The summed E-state index contributed by atoms with van der Waals surface area (Å²) in [6.45, 7) is 6.63. The highest BCUT2D eigenvalue weighted by Gasteiger charge is 2.43. The van der Waals surface area contributed by atoms with E-state index in [-0.39, 0.29) is 29.9 Å². The van der Waals surface area contributed by atoms with E-state index in [1.165, 1.54) is 55.8 Å². The van der Waals surface area contributed by atoms with Crippen LogP contribution in [-0.2, 0) is 9.53 Å². The van der Waals surface area contributed by atoms with Crippen LogP contribution in [0, 0.1) is 5.92 Å². The number of hydrogen-bond acceptors (Lipinski definition) is 2. The number of carbonyl (C=O) groups excluding carboxylic acids is 1. The minimum Gasteiger partial charge on any atom is -1.00 e. The van der Waals surface area contributed by atoms with Crippen LogP contribution >= 0.6 is 0 Å². The molecule has 3 atom stereocenters. The molecule has 3 nitrogen and oxygen atoms in total. The second kappa shape index (κ2) is 6.89. The molecule has 2 heterocycles. The number of nitrogens with zero attached hydrogens (tertiary/aromatic N) is 1. The lowest BCUT2D eigenvalue weighted by Gasteiger charge is -2.51. The van der Waals surface area contributed by atoms with Crippen molar-refractivity contribution in [1.29, 1.82) is 0 Å². The van der Waals surface area contributed by atoms with Gasteiger partial charge in [0, 0.05) is 18.4 Å². The van der Waals surface area contributed by atoms with Crippen LogP contribution in [0.4, 0.5) is 0 Å². The van der Waals surface area contributed by atoms with E-state index in [1.54, 1.807) is 0 Å². The number of ether oxygens (including phenoxy) is 1. The predicted octanol–water partition coefficient (Wildman–Crippen LogP) is -0.871. The molecule has 0 aromatic heterocycles.